The molecule has 16 heavy (non-hydrogen) atoms. The summed E-state index contributed by atoms with van der Waals surface area (Å²) in [5.41, 5.74) is 0. The van der Waals surface area contributed by atoms with Crippen molar-refractivity contribution in [2.45, 2.75) is 6.04 Å². The SMILES string of the molecule is COC(=O)C1N=c2cc(F)ccc2=NC1=O. The quantitative estimate of drug-likeness (QED) is 0.459. The van der Waals surface area contributed by atoms with E-state index in [1.165, 1.54) is 12.1 Å². The number of hydrogen-bond donors (Lipinski definition) is 0. The van der Waals surface area contributed by atoms with Gasteiger partial charge in [-0.1, -0.05) is 0 Å². The van der Waals surface area contributed by atoms with Crippen LogP contribution in [0.2, 0.25) is 0 Å². The first kappa shape index (κ1) is 10.4. The van der Waals surface area contributed by atoms with Gasteiger partial charge in [0.1, 0.15) is 5.82 Å². The molecule has 2 rings (SSSR count). The molecule has 6 heteroatoms. The number of carbonyl (C=O) groups excluding carboxylic acids is 2. The van der Waals surface area contributed by atoms with Crippen molar-refractivity contribution in [3.8, 4) is 0 Å². The van der Waals surface area contributed by atoms with Crippen LogP contribution < -0.4 is 10.7 Å². The molecule has 1 atom stereocenters. The molecule has 1 heterocycles. The summed E-state index contributed by atoms with van der Waals surface area (Å²) in [6, 6.07) is 2.30. The predicted octanol–water partition coefficient (Wildman–Crippen LogP) is -0.853. The van der Waals surface area contributed by atoms with Gasteiger partial charge in [-0.05, 0) is 12.1 Å². The van der Waals surface area contributed by atoms with Crippen molar-refractivity contribution in [3.05, 3.63) is 34.7 Å². The number of halogens is 1. The molecular formula is C10H7FN2O3. The lowest BCUT2D eigenvalue weighted by atomic mass is 10.2. The van der Waals surface area contributed by atoms with Gasteiger partial charge in [0.05, 0.1) is 17.8 Å². The molecule has 1 aromatic rings. The van der Waals surface area contributed by atoms with Gasteiger partial charge in [-0.3, -0.25) is 9.79 Å². The van der Waals surface area contributed by atoms with Crippen LogP contribution >= 0.6 is 0 Å². The number of esters is 1. The molecule has 1 aromatic carbocycles. The molecule has 0 aliphatic carbocycles. The molecule has 0 fully saturated rings. The monoisotopic (exact) mass is 222 g/mol. The van der Waals surface area contributed by atoms with E-state index < -0.39 is 23.7 Å². The summed E-state index contributed by atoms with van der Waals surface area (Å²) >= 11 is 0. The van der Waals surface area contributed by atoms with Crippen molar-refractivity contribution >= 4 is 11.9 Å². The van der Waals surface area contributed by atoms with Crippen LogP contribution in [-0.4, -0.2) is 25.0 Å². The summed E-state index contributed by atoms with van der Waals surface area (Å²) in [6.07, 6.45) is 0. The molecule has 0 spiro atoms. The largest absolute Gasteiger partial charge is 0.467 e. The fourth-order valence-corrected chi connectivity index (χ4v) is 1.33. The summed E-state index contributed by atoms with van der Waals surface area (Å²) in [5.74, 6) is -2.01. The van der Waals surface area contributed by atoms with Crippen LogP contribution in [0.1, 0.15) is 0 Å². The van der Waals surface area contributed by atoms with Gasteiger partial charge in [-0.25, -0.2) is 14.2 Å². The van der Waals surface area contributed by atoms with Crippen LogP contribution in [0, 0.1) is 5.82 Å². The number of ether oxygens (including phenoxy) is 1. The molecule has 0 radical (unpaired) electrons. The van der Waals surface area contributed by atoms with Crippen molar-refractivity contribution in [2.75, 3.05) is 7.11 Å². The van der Waals surface area contributed by atoms with E-state index in [1.54, 1.807) is 0 Å². The van der Waals surface area contributed by atoms with Gasteiger partial charge in [-0.2, -0.15) is 0 Å². The van der Waals surface area contributed by atoms with E-state index in [4.69, 9.17) is 0 Å². The summed E-state index contributed by atoms with van der Waals surface area (Å²) in [4.78, 5) is 30.0. The van der Waals surface area contributed by atoms with Gasteiger partial charge < -0.3 is 4.74 Å². The van der Waals surface area contributed by atoms with E-state index in [1.807, 2.05) is 0 Å². The molecule has 0 saturated carbocycles. The number of amides is 1. The fourth-order valence-electron chi connectivity index (χ4n) is 1.33. The average Bonchev–Trinajstić information content (AvgIpc) is 2.28. The fraction of sp³-hybridized carbons (Fsp3) is 0.200. The van der Waals surface area contributed by atoms with Crippen molar-refractivity contribution in [2.24, 2.45) is 9.98 Å². The third-order valence-electron chi connectivity index (χ3n) is 2.09. The second-order valence-electron chi connectivity index (χ2n) is 3.14. The van der Waals surface area contributed by atoms with Crippen LogP contribution in [0.4, 0.5) is 4.39 Å². The molecular weight excluding hydrogens is 215 g/mol. The highest BCUT2D eigenvalue weighted by Gasteiger charge is 2.28. The van der Waals surface area contributed by atoms with E-state index in [9.17, 15) is 14.0 Å². The van der Waals surface area contributed by atoms with E-state index in [-0.39, 0.29) is 10.7 Å². The Bertz CT molecular complexity index is 582. The Labute approximate surface area is 89.3 Å². The molecule has 1 aliphatic rings. The minimum Gasteiger partial charge on any atom is -0.467 e. The topological polar surface area (TPSA) is 68.1 Å². The van der Waals surface area contributed by atoms with Crippen LogP contribution in [0.3, 0.4) is 0 Å². The normalized spacial score (nSPS) is 18.1. The van der Waals surface area contributed by atoms with Gasteiger partial charge in [0, 0.05) is 6.07 Å². The van der Waals surface area contributed by atoms with Gasteiger partial charge in [0.2, 0.25) is 6.04 Å². The standard InChI is InChI=1S/C10H7FN2O3/c1-16-10(15)8-9(14)13-6-3-2-5(11)4-7(6)12-8/h2-4,8H,1H3. The second kappa shape index (κ2) is 3.80. The number of benzene rings is 1. The third-order valence-corrected chi connectivity index (χ3v) is 2.09. The summed E-state index contributed by atoms with van der Waals surface area (Å²) in [6.45, 7) is 0. The predicted molar refractivity (Wildman–Crippen MR) is 49.5 cm³/mol. The highest BCUT2D eigenvalue weighted by molar-refractivity contribution is 6.02. The molecule has 82 valence electrons. The number of rotatable bonds is 1. The second-order valence-corrected chi connectivity index (χ2v) is 3.14. The van der Waals surface area contributed by atoms with Crippen molar-refractivity contribution in [1.82, 2.24) is 0 Å². The lowest BCUT2D eigenvalue weighted by Crippen LogP contribution is -2.41. The van der Waals surface area contributed by atoms with E-state index in [2.05, 4.69) is 14.7 Å². The van der Waals surface area contributed by atoms with Crippen molar-refractivity contribution < 1.29 is 18.7 Å². The first-order valence-corrected chi connectivity index (χ1v) is 4.45. The maximum absolute atomic E-state index is 12.9. The van der Waals surface area contributed by atoms with Gasteiger partial charge in [-0.15, -0.1) is 0 Å². The maximum atomic E-state index is 12.9. The van der Waals surface area contributed by atoms with E-state index >= 15 is 0 Å². The Morgan fingerprint density at radius 3 is 2.88 bits per heavy atom. The summed E-state index contributed by atoms with van der Waals surface area (Å²) in [5, 5.41) is 0.432. The number of nitrogens with zero attached hydrogens (tertiary/aromatic N) is 2. The molecule has 0 aromatic heterocycles. The number of carbonyl (C=O) groups is 2. The van der Waals surface area contributed by atoms with Crippen LogP contribution in [0.25, 0.3) is 0 Å². The zero-order valence-electron chi connectivity index (χ0n) is 8.31. The molecule has 0 N–H and O–H groups in total. The first-order valence-electron chi connectivity index (χ1n) is 4.45. The minimum absolute atomic E-state index is 0.176. The highest BCUT2D eigenvalue weighted by Crippen LogP contribution is 1.99. The molecule has 1 unspecified atom stereocenters. The molecule has 1 amide bonds. The number of fused-ring (bicyclic) bond motifs is 1. The average molecular weight is 222 g/mol. The molecule has 0 bridgehead atoms. The molecule has 0 saturated heterocycles. The van der Waals surface area contributed by atoms with E-state index in [0.29, 0.717) is 0 Å². The third kappa shape index (κ3) is 1.69. The molecule has 5 nitrogen and oxygen atoms in total. The Balaban J connectivity index is 2.59. The lowest BCUT2D eigenvalue weighted by molar-refractivity contribution is -0.145. The highest BCUT2D eigenvalue weighted by atomic mass is 19.1. The zero-order valence-corrected chi connectivity index (χ0v) is 8.31. The number of hydrogen-bond acceptors (Lipinski definition) is 4. The zero-order chi connectivity index (χ0) is 11.7. The van der Waals surface area contributed by atoms with Crippen LogP contribution in [-0.2, 0) is 14.3 Å². The summed E-state index contributed by atoms with van der Waals surface area (Å²) in [7, 11) is 1.15. The Kier molecular flexibility index (Phi) is 2.47. The van der Waals surface area contributed by atoms with E-state index in [0.717, 1.165) is 13.2 Å². The Morgan fingerprint density at radius 1 is 1.44 bits per heavy atom. The van der Waals surface area contributed by atoms with Crippen LogP contribution in [0.5, 0.6) is 0 Å². The van der Waals surface area contributed by atoms with Crippen molar-refractivity contribution in [3.63, 3.8) is 0 Å². The minimum atomic E-state index is -1.32. The first-order chi connectivity index (χ1) is 7.61. The number of methoxy groups -OCH3 is 1. The van der Waals surface area contributed by atoms with Gasteiger partial charge in [0.15, 0.2) is 0 Å². The van der Waals surface area contributed by atoms with Gasteiger partial charge >= 0.3 is 5.97 Å². The Morgan fingerprint density at radius 2 is 2.19 bits per heavy atom. The maximum Gasteiger partial charge on any atom is 0.340 e. The Hall–Kier alpha value is -2.11. The van der Waals surface area contributed by atoms with Crippen molar-refractivity contribution in [1.29, 1.82) is 0 Å². The van der Waals surface area contributed by atoms with Crippen LogP contribution in [0.15, 0.2) is 28.2 Å². The van der Waals surface area contributed by atoms with Gasteiger partial charge in [0.25, 0.3) is 5.91 Å². The molecule has 1 aliphatic heterocycles. The summed E-state index contributed by atoms with van der Waals surface area (Å²) < 4.78 is 17.3. The smallest absolute Gasteiger partial charge is 0.340 e. The lowest BCUT2D eigenvalue weighted by Gasteiger charge is -2.08.